The Balaban J connectivity index is 1.20. The molecular weight excluding hydrogens is 927 g/mol. The smallest absolute Gasteiger partial charge is 0.419 e. The first kappa shape index (κ1) is 48.6. The summed E-state index contributed by atoms with van der Waals surface area (Å²) in [6.45, 7) is 0. The van der Waals surface area contributed by atoms with Crippen LogP contribution in [0.1, 0.15) is 76.4 Å². The molecule has 8 aromatic rings. The van der Waals surface area contributed by atoms with Crippen LogP contribution in [0.25, 0.3) is 11.1 Å². The van der Waals surface area contributed by atoms with Crippen molar-refractivity contribution in [3.63, 3.8) is 0 Å². The molecule has 0 aliphatic heterocycles. The number of carbonyl (C=O) groups is 2. The number of hydrogen-bond acceptors (Lipinski definition) is 4. The van der Waals surface area contributed by atoms with Crippen molar-refractivity contribution in [1.29, 1.82) is 0 Å². The molecule has 0 aromatic heterocycles. The molecule has 4 N–H and O–H groups in total. The maximum Gasteiger partial charge on any atom is 0.419 e. The second kappa shape index (κ2) is 21.2. The molecule has 0 unspecified atom stereocenters. The molecule has 0 radical (unpaired) electrons. The highest BCUT2D eigenvalue weighted by atomic mass is 19.4. The van der Waals surface area contributed by atoms with Gasteiger partial charge < -0.3 is 20.8 Å². The summed E-state index contributed by atoms with van der Waals surface area (Å²) in [4.78, 5) is 28.1. The predicted octanol–water partition coefficient (Wildman–Crippen LogP) is 12.9. The first-order valence-electron chi connectivity index (χ1n) is 21.7. The van der Waals surface area contributed by atoms with E-state index < -0.39 is 69.3 Å². The van der Waals surface area contributed by atoms with Crippen LogP contribution >= 0.6 is 0 Å². The van der Waals surface area contributed by atoms with Crippen LogP contribution in [0, 0.1) is 47.4 Å². The molecule has 350 valence electrons. The molecule has 0 aliphatic rings. The Kier molecular flexibility index (Phi) is 14.3. The SMILES string of the molecule is O=C(Nc1c(O)ccc(-c2ccc(O)c(NC(=O)c3cc(C#Cc4ccccc4)cc(C#Cc4ccccc4)c3)c2C(F)(F)F)c1C(F)(F)F)c1cc(C#Cc2ccccc2)cc(C#Cc2ccccc2)c1. The summed E-state index contributed by atoms with van der Waals surface area (Å²) in [6, 6.07) is 46.0. The summed E-state index contributed by atoms with van der Waals surface area (Å²) >= 11 is 0. The molecule has 0 saturated carbocycles. The number of phenolic OH excluding ortho intramolecular Hbond substituents is 2. The number of aromatic hydroxyl groups is 2. The fourth-order valence-corrected chi connectivity index (χ4v) is 7.31. The summed E-state index contributed by atoms with van der Waals surface area (Å²) in [7, 11) is 0. The topological polar surface area (TPSA) is 98.7 Å². The monoisotopic (exact) mass is 960 g/mol. The van der Waals surface area contributed by atoms with Crippen molar-refractivity contribution in [2.45, 2.75) is 12.4 Å². The van der Waals surface area contributed by atoms with Gasteiger partial charge in [-0.3, -0.25) is 9.59 Å². The van der Waals surface area contributed by atoms with Gasteiger partial charge in [-0.2, -0.15) is 26.3 Å². The van der Waals surface area contributed by atoms with Crippen LogP contribution in [0.4, 0.5) is 37.7 Å². The number of hydrogen-bond donors (Lipinski definition) is 4. The molecular formula is C60H34F6N2O4. The number of nitrogens with one attached hydrogen (secondary N) is 2. The summed E-state index contributed by atoms with van der Waals surface area (Å²) in [5, 5.41) is 26.1. The molecule has 0 bridgehead atoms. The third kappa shape index (κ3) is 12.0. The fraction of sp³-hybridized carbons (Fsp3) is 0.0333. The number of carbonyl (C=O) groups excluding carboxylic acids is 2. The standard InChI is InChI=1S/C60H34F6N2O4/c61-59(62,63)53-49(29-31-51(69)55(53)67-57(71)47-35-43(25-21-39-13-5-1-6-14-39)33-44(36-47)26-22-40-15-7-2-8-16-40)50-30-32-52(70)56(54(50)60(64,65)66)68-58(72)48-37-45(27-23-41-17-9-3-10-18-41)34-46(38-48)28-24-42-19-11-4-12-20-42/h1-20,29-38,69-70H,(H,67,71)(H,68,72). The van der Waals surface area contributed by atoms with Crippen molar-refractivity contribution in [1.82, 2.24) is 0 Å². The molecule has 0 aliphatic carbocycles. The second-order valence-electron chi connectivity index (χ2n) is 15.7. The number of amides is 2. The van der Waals surface area contributed by atoms with Gasteiger partial charge in [0.25, 0.3) is 11.8 Å². The minimum absolute atomic E-state index is 0.245. The largest absolute Gasteiger partial charge is 0.506 e. The Morgan fingerprint density at radius 2 is 0.597 bits per heavy atom. The summed E-state index contributed by atoms with van der Waals surface area (Å²) in [5.41, 5.74) is -5.63. The van der Waals surface area contributed by atoms with Crippen molar-refractivity contribution in [2.24, 2.45) is 0 Å². The Morgan fingerprint density at radius 3 is 0.847 bits per heavy atom. The lowest BCUT2D eigenvalue weighted by molar-refractivity contribution is -0.138. The molecule has 8 rings (SSSR count). The maximum absolute atomic E-state index is 15.4. The lowest BCUT2D eigenvalue weighted by Crippen LogP contribution is -2.20. The molecule has 0 spiro atoms. The van der Waals surface area contributed by atoms with Gasteiger partial charge in [0.2, 0.25) is 0 Å². The van der Waals surface area contributed by atoms with Gasteiger partial charge in [-0.25, -0.2) is 0 Å². The molecule has 0 atom stereocenters. The van der Waals surface area contributed by atoms with E-state index in [0.29, 0.717) is 46.5 Å². The number of rotatable bonds is 5. The van der Waals surface area contributed by atoms with Gasteiger partial charge >= 0.3 is 12.4 Å². The van der Waals surface area contributed by atoms with Crippen LogP contribution < -0.4 is 10.6 Å². The zero-order valence-corrected chi connectivity index (χ0v) is 37.3. The minimum atomic E-state index is -5.53. The van der Waals surface area contributed by atoms with Crippen LogP contribution in [-0.2, 0) is 12.4 Å². The third-order valence-corrected chi connectivity index (χ3v) is 10.6. The van der Waals surface area contributed by atoms with Gasteiger partial charge in [0, 0.05) is 55.6 Å². The van der Waals surface area contributed by atoms with Crippen molar-refractivity contribution in [3.05, 3.63) is 249 Å². The summed E-state index contributed by atoms with van der Waals surface area (Å²) in [6.07, 6.45) is -11.1. The highest BCUT2D eigenvalue weighted by molar-refractivity contribution is 6.08. The van der Waals surface area contributed by atoms with Gasteiger partial charge in [0.1, 0.15) is 11.5 Å². The van der Waals surface area contributed by atoms with Crippen LogP contribution in [0.5, 0.6) is 11.5 Å². The second-order valence-corrected chi connectivity index (χ2v) is 15.7. The Labute approximate surface area is 409 Å². The van der Waals surface area contributed by atoms with E-state index >= 15 is 26.3 Å². The molecule has 72 heavy (non-hydrogen) atoms. The van der Waals surface area contributed by atoms with Gasteiger partial charge in [-0.05, 0) is 120 Å². The van der Waals surface area contributed by atoms with Gasteiger partial charge in [-0.15, -0.1) is 0 Å². The van der Waals surface area contributed by atoms with E-state index in [-0.39, 0.29) is 33.4 Å². The van der Waals surface area contributed by atoms with Gasteiger partial charge in [0.05, 0.1) is 22.5 Å². The van der Waals surface area contributed by atoms with Gasteiger partial charge in [-0.1, -0.05) is 120 Å². The van der Waals surface area contributed by atoms with Crippen LogP contribution in [0.2, 0.25) is 0 Å². The Hall–Kier alpha value is -9.88. The van der Waals surface area contributed by atoms with E-state index in [4.69, 9.17) is 0 Å². The first-order valence-corrected chi connectivity index (χ1v) is 21.7. The van der Waals surface area contributed by atoms with E-state index in [0.717, 1.165) is 0 Å². The average Bonchev–Trinajstić information content (AvgIpc) is 3.37. The van der Waals surface area contributed by atoms with Crippen molar-refractivity contribution in [2.75, 3.05) is 10.6 Å². The maximum atomic E-state index is 15.4. The van der Waals surface area contributed by atoms with E-state index in [1.807, 2.05) is 0 Å². The first-order chi connectivity index (χ1) is 34.6. The number of alkyl halides is 6. The number of phenols is 2. The molecule has 2 amide bonds. The highest BCUT2D eigenvalue weighted by Gasteiger charge is 2.43. The summed E-state index contributed by atoms with van der Waals surface area (Å²) in [5.74, 6) is 18.8. The average molecular weight is 961 g/mol. The zero-order chi connectivity index (χ0) is 50.8. The third-order valence-electron chi connectivity index (χ3n) is 10.6. The number of anilines is 2. The lowest BCUT2D eigenvalue weighted by Gasteiger charge is -2.23. The number of benzene rings is 8. The van der Waals surface area contributed by atoms with E-state index in [1.54, 1.807) is 133 Å². The van der Waals surface area contributed by atoms with Crippen LogP contribution in [0.3, 0.4) is 0 Å². The highest BCUT2D eigenvalue weighted by Crippen LogP contribution is 2.51. The molecule has 0 saturated heterocycles. The molecule has 12 heteroatoms. The Bertz CT molecular complexity index is 3230. The molecule has 6 nitrogen and oxygen atoms in total. The van der Waals surface area contributed by atoms with Gasteiger partial charge in [0.15, 0.2) is 0 Å². The van der Waals surface area contributed by atoms with E-state index in [1.165, 1.54) is 24.3 Å². The molecule has 8 aromatic carbocycles. The van der Waals surface area contributed by atoms with Crippen molar-refractivity contribution >= 4 is 23.2 Å². The van der Waals surface area contributed by atoms with Crippen molar-refractivity contribution < 1.29 is 46.1 Å². The minimum Gasteiger partial charge on any atom is -0.506 e. The summed E-state index contributed by atoms with van der Waals surface area (Å²) < 4.78 is 92.5. The molecule has 0 fully saturated rings. The van der Waals surface area contributed by atoms with Crippen LogP contribution in [-0.4, -0.2) is 22.0 Å². The van der Waals surface area contributed by atoms with Crippen molar-refractivity contribution in [3.8, 4) is 70.0 Å². The quantitative estimate of drug-likeness (QED) is 0.0785. The fourth-order valence-electron chi connectivity index (χ4n) is 7.31. The zero-order valence-electron chi connectivity index (χ0n) is 37.3. The van der Waals surface area contributed by atoms with E-state index in [2.05, 4.69) is 58.0 Å². The predicted molar refractivity (Wildman–Crippen MR) is 264 cm³/mol. The Morgan fingerprint density at radius 1 is 0.347 bits per heavy atom. The normalized spacial score (nSPS) is 10.7. The van der Waals surface area contributed by atoms with Crippen LogP contribution in [0.15, 0.2) is 182 Å². The number of halogens is 6. The van der Waals surface area contributed by atoms with E-state index in [9.17, 15) is 19.8 Å². The molecule has 0 heterocycles. The lowest BCUT2D eigenvalue weighted by atomic mass is 9.91.